The van der Waals surface area contributed by atoms with Crippen LogP contribution in [0.3, 0.4) is 0 Å². The third-order valence-electron chi connectivity index (χ3n) is 3.03. The quantitative estimate of drug-likeness (QED) is 0.738. The van der Waals surface area contributed by atoms with Crippen LogP contribution in [0, 0.1) is 0 Å². The summed E-state index contributed by atoms with van der Waals surface area (Å²) in [6.45, 7) is 3.99. The van der Waals surface area contributed by atoms with E-state index in [2.05, 4.69) is 29.0 Å². The number of nitrogens with zero attached hydrogens (tertiary/aromatic N) is 1. The van der Waals surface area contributed by atoms with Crippen LogP contribution >= 0.6 is 11.8 Å². The highest BCUT2D eigenvalue weighted by atomic mass is 32.2. The van der Waals surface area contributed by atoms with Gasteiger partial charge in [-0.2, -0.15) is 11.8 Å². The first-order chi connectivity index (χ1) is 6.86. The van der Waals surface area contributed by atoms with Gasteiger partial charge in [0.1, 0.15) is 0 Å². The Kier molecular flexibility index (Phi) is 4.10. The van der Waals surface area contributed by atoms with Crippen molar-refractivity contribution in [3.63, 3.8) is 0 Å². The van der Waals surface area contributed by atoms with Crippen molar-refractivity contribution in [2.24, 2.45) is 0 Å². The SMILES string of the molecule is CN(CC1CNCCO1)C1CCSC1. The zero-order valence-electron chi connectivity index (χ0n) is 8.87. The molecule has 2 heterocycles. The Bertz CT molecular complexity index is 168. The molecule has 2 rings (SSSR count). The molecule has 2 unspecified atom stereocenters. The van der Waals surface area contributed by atoms with Gasteiger partial charge in [0.05, 0.1) is 12.7 Å². The molecule has 2 aliphatic heterocycles. The van der Waals surface area contributed by atoms with E-state index in [0.717, 1.165) is 32.3 Å². The van der Waals surface area contributed by atoms with Crippen molar-refractivity contribution < 1.29 is 4.74 Å². The summed E-state index contributed by atoms with van der Waals surface area (Å²) in [5.41, 5.74) is 0. The van der Waals surface area contributed by atoms with Crippen LogP contribution in [0.5, 0.6) is 0 Å². The summed E-state index contributed by atoms with van der Waals surface area (Å²) in [7, 11) is 2.23. The molecule has 2 fully saturated rings. The van der Waals surface area contributed by atoms with Gasteiger partial charge in [0.15, 0.2) is 0 Å². The van der Waals surface area contributed by atoms with E-state index in [1.165, 1.54) is 17.9 Å². The van der Waals surface area contributed by atoms with Crippen molar-refractivity contribution in [2.45, 2.75) is 18.6 Å². The van der Waals surface area contributed by atoms with Crippen LogP contribution < -0.4 is 5.32 Å². The molecular weight excluding hydrogens is 196 g/mol. The van der Waals surface area contributed by atoms with Crippen LogP contribution in [0.4, 0.5) is 0 Å². The van der Waals surface area contributed by atoms with Crippen molar-refractivity contribution in [1.29, 1.82) is 0 Å². The average Bonchev–Trinajstić information content (AvgIpc) is 2.72. The smallest absolute Gasteiger partial charge is 0.0826 e. The molecule has 1 N–H and O–H groups in total. The second-order valence-corrected chi connectivity index (χ2v) is 5.30. The van der Waals surface area contributed by atoms with Crippen molar-refractivity contribution in [3.05, 3.63) is 0 Å². The molecule has 0 aromatic carbocycles. The van der Waals surface area contributed by atoms with Crippen LogP contribution in [0.2, 0.25) is 0 Å². The number of morpholine rings is 1. The first-order valence-electron chi connectivity index (χ1n) is 5.46. The zero-order chi connectivity index (χ0) is 9.80. The van der Waals surface area contributed by atoms with Gasteiger partial charge >= 0.3 is 0 Å². The molecule has 2 aliphatic rings. The molecular formula is C10H20N2OS. The molecule has 0 bridgehead atoms. The Hall–Kier alpha value is 0.230. The number of nitrogens with one attached hydrogen (secondary N) is 1. The number of ether oxygens (including phenoxy) is 1. The summed E-state index contributed by atoms with van der Waals surface area (Å²) in [4.78, 5) is 2.47. The van der Waals surface area contributed by atoms with Crippen molar-refractivity contribution in [2.75, 3.05) is 44.8 Å². The summed E-state index contributed by atoms with van der Waals surface area (Å²) in [6.07, 6.45) is 1.75. The lowest BCUT2D eigenvalue weighted by molar-refractivity contribution is 0.00465. The third-order valence-corrected chi connectivity index (χ3v) is 4.17. The van der Waals surface area contributed by atoms with Gasteiger partial charge in [-0.05, 0) is 19.2 Å². The zero-order valence-corrected chi connectivity index (χ0v) is 9.68. The Morgan fingerprint density at radius 3 is 3.14 bits per heavy atom. The molecule has 0 aromatic heterocycles. The Morgan fingerprint density at radius 1 is 1.57 bits per heavy atom. The normalized spacial score (nSPS) is 33.9. The molecule has 14 heavy (non-hydrogen) atoms. The van der Waals surface area contributed by atoms with Gasteiger partial charge in [0.2, 0.25) is 0 Å². The van der Waals surface area contributed by atoms with Gasteiger partial charge in [-0.25, -0.2) is 0 Å². The average molecular weight is 216 g/mol. The van der Waals surface area contributed by atoms with Gasteiger partial charge in [-0.3, -0.25) is 4.90 Å². The Balaban J connectivity index is 1.72. The summed E-state index contributed by atoms with van der Waals surface area (Å²) in [5, 5.41) is 3.37. The standard InChI is InChI=1S/C10H20N2OS/c1-12(9-2-5-14-8-9)7-10-6-11-3-4-13-10/h9-11H,2-8H2,1H3. The topological polar surface area (TPSA) is 24.5 Å². The van der Waals surface area contributed by atoms with Gasteiger partial charge in [0.25, 0.3) is 0 Å². The Morgan fingerprint density at radius 2 is 2.50 bits per heavy atom. The van der Waals surface area contributed by atoms with Gasteiger partial charge in [-0.1, -0.05) is 0 Å². The van der Waals surface area contributed by atoms with E-state index >= 15 is 0 Å². The van der Waals surface area contributed by atoms with E-state index in [4.69, 9.17) is 4.74 Å². The largest absolute Gasteiger partial charge is 0.374 e. The van der Waals surface area contributed by atoms with Gasteiger partial charge < -0.3 is 10.1 Å². The molecule has 0 amide bonds. The minimum atomic E-state index is 0.402. The molecule has 3 nitrogen and oxygen atoms in total. The molecule has 0 radical (unpaired) electrons. The molecule has 2 atom stereocenters. The lowest BCUT2D eigenvalue weighted by Crippen LogP contribution is -2.46. The number of hydrogen-bond acceptors (Lipinski definition) is 4. The maximum Gasteiger partial charge on any atom is 0.0826 e. The van der Waals surface area contributed by atoms with E-state index in [0.29, 0.717) is 6.10 Å². The monoisotopic (exact) mass is 216 g/mol. The van der Waals surface area contributed by atoms with Crippen LogP contribution in [-0.4, -0.2) is 61.8 Å². The van der Waals surface area contributed by atoms with Crippen LogP contribution in [0.25, 0.3) is 0 Å². The van der Waals surface area contributed by atoms with Crippen LogP contribution in [-0.2, 0) is 4.74 Å². The van der Waals surface area contributed by atoms with Gasteiger partial charge in [-0.15, -0.1) is 0 Å². The molecule has 2 saturated heterocycles. The number of hydrogen-bond donors (Lipinski definition) is 1. The van der Waals surface area contributed by atoms with Gasteiger partial charge in [0, 0.05) is 31.4 Å². The molecule has 0 aliphatic carbocycles. The first-order valence-corrected chi connectivity index (χ1v) is 6.62. The Labute approximate surface area is 90.6 Å². The molecule has 82 valence electrons. The minimum absolute atomic E-state index is 0.402. The summed E-state index contributed by atoms with van der Waals surface area (Å²) in [5.74, 6) is 2.63. The van der Waals surface area contributed by atoms with Crippen molar-refractivity contribution in [1.82, 2.24) is 10.2 Å². The van der Waals surface area contributed by atoms with E-state index in [-0.39, 0.29) is 0 Å². The lowest BCUT2D eigenvalue weighted by Gasteiger charge is -2.30. The molecule has 0 saturated carbocycles. The molecule has 0 aromatic rings. The summed E-state index contributed by atoms with van der Waals surface area (Å²) < 4.78 is 5.70. The highest BCUT2D eigenvalue weighted by Gasteiger charge is 2.23. The van der Waals surface area contributed by atoms with Crippen LogP contribution in [0.15, 0.2) is 0 Å². The van der Waals surface area contributed by atoms with Crippen molar-refractivity contribution in [3.8, 4) is 0 Å². The maximum atomic E-state index is 5.70. The highest BCUT2D eigenvalue weighted by Crippen LogP contribution is 2.21. The predicted molar refractivity (Wildman–Crippen MR) is 61.0 cm³/mol. The predicted octanol–water partition coefficient (Wildman–Crippen LogP) is 0.412. The van der Waals surface area contributed by atoms with Crippen LogP contribution in [0.1, 0.15) is 6.42 Å². The van der Waals surface area contributed by atoms with Crippen molar-refractivity contribution >= 4 is 11.8 Å². The van der Waals surface area contributed by atoms with E-state index in [9.17, 15) is 0 Å². The fourth-order valence-corrected chi connectivity index (χ4v) is 3.38. The lowest BCUT2D eigenvalue weighted by atomic mass is 10.2. The number of rotatable bonds is 3. The van der Waals surface area contributed by atoms with E-state index < -0.39 is 0 Å². The second-order valence-electron chi connectivity index (χ2n) is 4.15. The third kappa shape index (κ3) is 2.86. The second kappa shape index (κ2) is 5.35. The summed E-state index contributed by atoms with van der Waals surface area (Å²) in [6, 6.07) is 0.783. The fraction of sp³-hybridized carbons (Fsp3) is 1.00. The fourth-order valence-electron chi connectivity index (χ4n) is 2.08. The van der Waals surface area contributed by atoms with E-state index in [1.807, 2.05) is 0 Å². The molecule has 0 spiro atoms. The molecule has 4 heteroatoms. The number of thioether (sulfide) groups is 1. The first kappa shape index (κ1) is 10.7. The number of likely N-dealkylation sites (N-methyl/N-ethyl adjacent to an activating group) is 1. The maximum absolute atomic E-state index is 5.70. The summed E-state index contributed by atoms with van der Waals surface area (Å²) >= 11 is 2.07. The van der Waals surface area contributed by atoms with E-state index in [1.54, 1.807) is 0 Å². The highest BCUT2D eigenvalue weighted by molar-refractivity contribution is 7.99. The minimum Gasteiger partial charge on any atom is -0.374 e.